The summed E-state index contributed by atoms with van der Waals surface area (Å²) in [4.78, 5) is 55.1. The molecule has 3 aromatic rings. The first-order valence-electron chi connectivity index (χ1n) is 14.0. The molecule has 2 fully saturated rings. The van der Waals surface area contributed by atoms with Crippen LogP contribution in [0.4, 0.5) is 11.4 Å². The topological polar surface area (TPSA) is 108 Å². The third-order valence-corrected chi connectivity index (χ3v) is 8.29. The first-order valence-corrected chi connectivity index (χ1v) is 14.4. The lowest BCUT2D eigenvalue weighted by Crippen LogP contribution is -2.52. The van der Waals surface area contributed by atoms with Gasteiger partial charge in [0.1, 0.15) is 36.3 Å². The molecule has 0 radical (unpaired) electrons. The van der Waals surface area contributed by atoms with Gasteiger partial charge in [0.2, 0.25) is 11.8 Å². The van der Waals surface area contributed by atoms with Crippen molar-refractivity contribution in [2.24, 2.45) is 0 Å². The van der Waals surface area contributed by atoms with E-state index in [4.69, 9.17) is 21.7 Å². The summed E-state index contributed by atoms with van der Waals surface area (Å²) in [5.41, 5.74) is 1.84. The van der Waals surface area contributed by atoms with Crippen molar-refractivity contribution in [2.45, 2.75) is 44.8 Å². The Morgan fingerprint density at radius 1 is 0.884 bits per heavy atom. The third kappa shape index (κ3) is 5.10. The molecule has 1 atom stereocenters. The lowest BCUT2D eigenvalue weighted by Gasteiger charge is -2.29. The highest BCUT2D eigenvalue weighted by molar-refractivity contribution is 7.81. The Labute approximate surface area is 254 Å². The standard InChI is InChI=1S/C32H30N4O6S/c1-32(2)30(40)35(20-7-4-3-5-8-20)31(43)36(32)21-11-13-22(14-12-21)41-17-18-42-26-10-6-9-23-24(26)19-34(29(23)39)25-15-16-27(37)33-28(25)38/h3-14,25H,15-19H2,1-2H3,(H,33,37,38). The number of carbonyl (C=O) groups is 4. The molecule has 2 saturated heterocycles. The van der Waals surface area contributed by atoms with E-state index in [2.05, 4.69) is 5.32 Å². The molecule has 3 aromatic carbocycles. The highest BCUT2D eigenvalue weighted by atomic mass is 32.1. The molecule has 4 amide bonds. The molecule has 3 aliphatic heterocycles. The van der Waals surface area contributed by atoms with E-state index in [1.54, 1.807) is 23.1 Å². The Hall–Kier alpha value is -4.77. The van der Waals surface area contributed by atoms with Gasteiger partial charge in [-0.3, -0.25) is 29.4 Å². The van der Waals surface area contributed by atoms with Gasteiger partial charge in [-0.25, -0.2) is 0 Å². The fraction of sp³-hybridized carbons (Fsp3) is 0.281. The zero-order valence-corrected chi connectivity index (χ0v) is 24.6. The van der Waals surface area contributed by atoms with E-state index in [-0.39, 0.29) is 43.9 Å². The van der Waals surface area contributed by atoms with Crippen LogP contribution in [-0.2, 0) is 20.9 Å². The fourth-order valence-corrected chi connectivity index (χ4v) is 6.25. The third-order valence-electron chi connectivity index (χ3n) is 7.93. The molecule has 0 aliphatic carbocycles. The number of fused-ring (bicyclic) bond motifs is 1. The summed E-state index contributed by atoms with van der Waals surface area (Å²) in [6, 6.07) is 21.3. The minimum Gasteiger partial charge on any atom is -0.490 e. The number of amides is 4. The van der Waals surface area contributed by atoms with Gasteiger partial charge in [-0.2, -0.15) is 0 Å². The van der Waals surface area contributed by atoms with Crippen molar-refractivity contribution in [3.8, 4) is 11.5 Å². The highest BCUT2D eigenvalue weighted by Gasteiger charge is 2.50. The van der Waals surface area contributed by atoms with E-state index >= 15 is 0 Å². The number of benzene rings is 3. The first-order chi connectivity index (χ1) is 20.7. The van der Waals surface area contributed by atoms with Gasteiger partial charge in [-0.1, -0.05) is 24.3 Å². The van der Waals surface area contributed by atoms with Crippen molar-refractivity contribution in [1.82, 2.24) is 10.2 Å². The van der Waals surface area contributed by atoms with Crippen molar-refractivity contribution >= 4 is 52.3 Å². The van der Waals surface area contributed by atoms with Gasteiger partial charge < -0.3 is 19.3 Å². The number of piperidine rings is 1. The molecule has 11 heteroatoms. The Kier molecular flexibility index (Phi) is 7.35. The van der Waals surface area contributed by atoms with Crippen molar-refractivity contribution < 1.29 is 28.7 Å². The Bertz CT molecular complexity index is 1620. The number of ether oxygens (including phenoxy) is 2. The lowest BCUT2D eigenvalue weighted by atomic mass is 10.0. The van der Waals surface area contributed by atoms with Crippen molar-refractivity contribution in [1.29, 1.82) is 0 Å². The van der Waals surface area contributed by atoms with Crippen LogP contribution in [0, 0.1) is 0 Å². The number of para-hydroxylation sites is 1. The Morgan fingerprint density at radius 3 is 2.33 bits per heavy atom. The number of imide groups is 1. The van der Waals surface area contributed by atoms with Gasteiger partial charge in [0.25, 0.3) is 11.8 Å². The molecule has 43 heavy (non-hydrogen) atoms. The number of hydrogen-bond donors (Lipinski definition) is 1. The summed E-state index contributed by atoms with van der Waals surface area (Å²) in [6.07, 6.45) is 0.501. The van der Waals surface area contributed by atoms with Crippen LogP contribution in [0.3, 0.4) is 0 Å². The maximum Gasteiger partial charge on any atom is 0.259 e. The molecule has 1 N–H and O–H groups in total. The van der Waals surface area contributed by atoms with E-state index in [9.17, 15) is 19.2 Å². The number of nitrogens with one attached hydrogen (secondary N) is 1. The van der Waals surface area contributed by atoms with Crippen molar-refractivity contribution in [2.75, 3.05) is 23.0 Å². The van der Waals surface area contributed by atoms with Crippen LogP contribution in [0.1, 0.15) is 42.6 Å². The average molecular weight is 599 g/mol. The molecule has 0 spiro atoms. The average Bonchev–Trinajstić information content (AvgIpc) is 3.41. The van der Waals surface area contributed by atoms with Gasteiger partial charge in [0.15, 0.2) is 5.11 Å². The molecule has 0 bridgehead atoms. The van der Waals surface area contributed by atoms with E-state index in [1.807, 2.05) is 73.3 Å². The first kappa shape index (κ1) is 28.4. The second-order valence-electron chi connectivity index (χ2n) is 11.0. The minimum atomic E-state index is -0.867. The molecule has 3 heterocycles. The summed E-state index contributed by atoms with van der Waals surface area (Å²) in [5, 5.41) is 2.73. The quantitative estimate of drug-likeness (QED) is 0.237. The van der Waals surface area contributed by atoms with Gasteiger partial charge in [-0.05, 0) is 81.0 Å². The van der Waals surface area contributed by atoms with E-state index in [0.29, 0.717) is 34.2 Å². The maximum absolute atomic E-state index is 13.3. The van der Waals surface area contributed by atoms with Crippen molar-refractivity contribution in [3.63, 3.8) is 0 Å². The molecule has 10 nitrogen and oxygen atoms in total. The number of anilines is 2. The van der Waals surface area contributed by atoms with Crippen LogP contribution >= 0.6 is 12.2 Å². The summed E-state index contributed by atoms with van der Waals surface area (Å²) >= 11 is 5.74. The smallest absolute Gasteiger partial charge is 0.259 e. The number of nitrogens with zero attached hydrogens (tertiary/aromatic N) is 3. The Balaban J connectivity index is 1.07. The van der Waals surface area contributed by atoms with E-state index < -0.39 is 17.5 Å². The predicted octanol–water partition coefficient (Wildman–Crippen LogP) is 3.82. The van der Waals surface area contributed by atoms with Crippen molar-refractivity contribution in [3.05, 3.63) is 83.9 Å². The van der Waals surface area contributed by atoms with Crippen LogP contribution in [0.2, 0.25) is 0 Å². The maximum atomic E-state index is 13.3. The number of carbonyl (C=O) groups excluding carboxylic acids is 4. The lowest BCUT2D eigenvalue weighted by molar-refractivity contribution is -0.137. The Morgan fingerprint density at radius 2 is 1.60 bits per heavy atom. The normalized spacial score (nSPS) is 19.5. The van der Waals surface area contributed by atoms with Crippen LogP contribution in [-0.4, -0.2) is 58.4 Å². The van der Waals surface area contributed by atoms with Crippen LogP contribution in [0.15, 0.2) is 72.8 Å². The summed E-state index contributed by atoms with van der Waals surface area (Å²) in [6.45, 7) is 4.42. The molecule has 3 aliphatic rings. The highest BCUT2D eigenvalue weighted by Crippen LogP contribution is 2.37. The van der Waals surface area contributed by atoms with E-state index in [0.717, 1.165) is 11.4 Å². The van der Waals surface area contributed by atoms with Crippen LogP contribution < -0.4 is 24.6 Å². The molecule has 0 saturated carbocycles. The minimum absolute atomic E-state index is 0.101. The van der Waals surface area contributed by atoms with Gasteiger partial charge >= 0.3 is 0 Å². The van der Waals surface area contributed by atoms with Crippen LogP contribution in [0.5, 0.6) is 11.5 Å². The molecule has 220 valence electrons. The second kappa shape index (κ2) is 11.1. The number of hydrogen-bond acceptors (Lipinski definition) is 7. The van der Waals surface area contributed by atoms with Gasteiger partial charge in [0.05, 0.1) is 12.2 Å². The summed E-state index contributed by atoms with van der Waals surface area (Å²) in [7, 11) is 0. The van der Waals surface area contributed by atoms with E-state index in [1.165, 1.54) is 4.90 Å². The summed E-state index contributed by atoms with van der Waals surface area (Å²) < 4.78 is 11.9. The second-order valence-corrected chi connectivity index (χ2v) is 11.4. The zero-order valence-electron chi connectivity index (χ0n) is 23.7. The zero-order chi connectivity index (χ0) is 30.3. The molecule has 1 unspecified atom stereocenters. The molecule has 0 aromatic heterocycles. The van der Waals surface area contributed by atoms with Gasteiger partial charge in [0, 0.05) is 23.2 Å². The number of rotatable bonds is 8. The number of thiocarbonyl (C=S) groups is 1. The largest absolute Gasteiger partial charge is 0.490 e. The monoisotopic (exact) mass is 598 g/mol. The summed E-state index contributed by atoms with van der Waals surface area (Å²) in [5.74, 6) is 0.0545. The molecular formula is C32H30N4O6S. The van der Waals surface area contributed by atoms with Gasteiger partial charge in [-0.15, -0.1) is 0 Å². The predicted molar refractivity (Wildman–Crippen MR) is 163 cm³/mol. The fourth-order valence-electron chi connectivity index (χ4n) is 5.73. The molecular weight excluding hydrogens is 568 g/mol. The molecule has 6 rings (SSSR count). The SMILES string of the molecule is CC1(C)C(=O)N(c2ccccc2)C(=S)N1c1ccc(OCCOc2cccc3c2CN(C2CCC(=O)NC2=O)C3=O)cc1. The van der Waals surface area contributed by atoms with Crippen LogP contribution in [0.25, 0.3) is 0 Å².